The van der Waals surface area contributed by atoms with E-state index in [-0.39, 0.29) is 12.5 Å². The number of hydrogen-bond acceptors (Lipinski definition) is 4. The van der Waals surface area contributed by atoms with Gasteiger partial charge >= 0.3 is 5.97 Å². The number of rotatable bonds is 6. The average molecular weight is 188 g/mol. The van der Waals surface area contributed by atoms with E-state index in [2.05, 4.69) is 10.2 Å². The topological polar surface area (TPSA) is 87.7 Å². The van der Waals surface area contributed by atoms with Crippen LogP contribution >= 0.6 is 0 Å². The molecule has 1 rings (SSSR count). The van der Waals surface area contributed by atoms with Crippen LogP contribution in [0.4, 0.5) is 0 Å². The Labute approximate surface area is 75.2 Å². The fourth-order valence-corrected chi connectivity index (χ4v) is 0.739. The predicted octanol–water partition coefficient (Wildman–Crippen LogP) is -1.13. The molecule has 0 aliphatic heterocycles. The fourth-order valence-electron chi connectivity index (χ4n) is 0.739. The number of carbonyl (C=O) groups is 2. The summed E-state index contributed by atoms with van der Waals surface area (Å²) in [4.78, 5) is 25.2. The maximum atomic E-state index is 10.9. The zero-order chi connectivity index (χ0) is 9.68. The molecule has 0 saturated heterocycles. The largest absolute Gasteiger partial charge is 0.479 e. The van der Waals surface area contributed by atoms with Crippen LogP contribution < -0.4 is 10.8 Å². The molecule has 74 valence electrons. The van der Waals surface area contributed by atoms with Crippen molar-refractivity contribution in [3.63, 3.8) is 0 Å². The highest BCUT2D eigenvalue weighted by molar-refractivity contribution is 5.77. The molecule has 1 aliphatic rings. The van der Waals surface area contributed by atoms with E-state index < -0.39 is 12.6 Å². The number of carboxylic acids is 1. The second-order valence-corrected chi connectivity index (χ2v) is 2.86. The minimum Gasteiger partial charge on any atom is -0.479 e. The molecule has 0 aromatic carbocycles. The lowest BCUT2D eigenvalue weighted by molar-refractivity contribution is -0.149. The molecule has 0 bridgehead atoms. The maximum absolute atomic E-state index is 10.9. The molecule has 1 amide bonds. The highest BCUT2D eigenvalue weighted by Gasteiger charge is 2.21. The third-order valence-corrected chi connectivity index (χ3v) is 1.51. The average Bonchev–Trinajstić information content (AvgIpc) is 2.83. The summed E-state index contributed by atoms with van der Waals surface area (Å²) in [5, 5.41) is 11.1. The molecule has 6 heteroatoms. The first-order valence-corrected chi connectivity index (χ1v) is 4.04. The SMILES string of the molecule is O=C(O)CONC(=O)CNC1CC1. The molecule has 1 saturated carbocycles. The molecular weight excluding hydrogens is 176 g/mol. The van der Waals surface area contributed by atoms with Crippen molar-refractivity contribution < 1.29 is 19.5 Å². The van der Waals surface area contributed by atoms with Crippen LogP contribution in [-0.2, 0) is 14.4 Å². The van der Waals surface area contributed by atoms with Crippen molar-refractivity contribution in [1.82, 2.24) is 10.8 Å². The molecule has 13 heavy (non-hydrogen) atoms. The van der Waals surface area contributed by atoms with E-state index in [1.807, 2.05) is 5.48 Å². The Balaban J connectivity index is 1.93. The van der Waals surface area contributed by atoms with Crippen LogP contribution in [0.2, 0.25) is 0 Å². The minimum atomic E-state index is -1.12. The molecule has 0 heterocycles. The molecule has 0 spiro atoms. The van der Waals surface area contributed by atoms with Crippen LogP contribution in [0, 0.1) is 0 Å². The summed E-state index contributed by atoms with van der Waals surface area (Å²) in [6.07, 6.45) is 2.20. The minimum absolute atomic E-state index is 0.171. The van der Waals surface area contributed by atoms with Crippen LogP contribution in [0.5, 0.6) is 0 Å². The standard InChI is InChI=1S/C7H12N2O4/c10-6(3-8-5-1-2-5)9-13-4-7(11)12/h5,8H,1-4H2,(H,9,10)(H,11,12). The molecule has 0 atom stereocenters. The van der Waals surface area contributed by atoms with Gasteiger partial charge in [0.05, 0.1) is 6.54 Å². The van der Waals surface area contributed by atoms with Gasteiger partial charge in [0.25, 0.3) is 5.91 Å². The van der Waals surface area contributed by atoms with Gasteiger partial charge < -0.3 is 10.4 Å². The van der Waals surface area contributed by atoms with Gasteiger partial charge in [-0.3, -0.25) is 9.63 Å². The third kappa shape index (κ3) is 5.15. The summed E-state index contributed by atoms with van der Waals surface area (Å²) in [6, 6.07) is 0.449. The molecule has 0 radical (unpaired) electrons. The molecule has 0 aromatic heterocycles. The van der Waals surface area contributed by atoms with Gasteiger partial charge in [-0.15, -0.1) is 0 Å². The number of nitrogens with one attached hydrogen (secondary N) is 2. The Morgan fingerprint density at radius 1 is 1.46 bits per heavy atom. The summed E-state index contributed by atoms with van der Waals surface area (Å²) < 4.78 is 0. The van der Waals surface area contributed by atoms with Crippen molar-refractivity contribution in [2.24, 2.45) is 0 Å². The van der Waals surface area contributed by atoms with Crippen LogP contribution in [0.15, 0.2) is 0 Å². The third-order valence-electron chi connectivity index (χ3n) is 1.51. The normalized spacial score (nSPS) is 15.4. The summed E-state index contributed by atoms with van der Waals surface area (Å²) in [5.74, 6) is -1.47. The molecule has 0 unspecified atom stereocenters. The Kier molecular flexibility index (Phi) is 3.66. The molecule has 0 aromatic rings. The second-order valence-electron chi connectivity index (χ2n) is 2.86. The number of carboxylic acid groups (broad SMARTS) is 1. The molecule has 6 nitrogen and oxygen atoms in total. The molecule has 1 aliphatic carbocycles. The second kappa shape index (κ2) is 4.78. The Hall–Kier alpha value is -1.14. The number of aliphatic carboxylic acids is 1. The first kappa shape index (κ1) is 9.94. The quantitative estimate of drug-likeness (QED) is 0.459. The highest BCUT2D eigenvalue weighted by Crippen LogP contribution is 2.17. The lowest BCUT2D eigenvalue weighted by atomic mass is 10.5. The predicted molar refractivity (Wildman–Crippen MR) is 42.8 cm³/mol. The van der Waals surface area contributed by atoms with Gasteiger partial charge in [-0.1, -0.05) is 0 Å². The summed E-state index contributed by atoms with van der Waals surface area (Å²) >= 11 is 0. The number of hydroxylamine groups is 1. The van der Waals surface area contributed by atoms with Gasteiger partial charge in [-0.2, -0.15) is 0 Å². The Bertz CT molecular complexity index is 203. The van der Waals surface area contributed by atoms with Gasteiger partial charge in [0.15, 0.2) is 6.61 Å². The number of amides is 1. The lowest BCUT2D eigenvalue weighted by Crippen LogP contribution is -2.35. The fraction of sp³-hybridized carbons (Fsp3) is 0.714. The highest BCUT2D eigenvalue weighted by atomic mass is 16.7. The first-order chi connectivity index (χ1) is 6.18. The zero-order valence-corrected chi connectivity index (χ0v) is 7.08. The summed E-state index contributed by atoms with van der Waals surface area (Å²) in [7, 11) is 0. The van der Waals surface area contributed by atoms with Crippen molar-refractivity contribution >= 4 is 11.9 Å². The lowest BCUT2D eigenvalue weighted by Gasteiger charge is -2.03. The van der Waals surface area contributed by atoms with Crippen molar-refractivity contribution in [3.8, 4) is 0 Å². The van der Waals surface area contributed by atoms with Crippen molar-refractivity contribution in [3.05, 3.63) is 0 Å². The van der Waals surface area contributed by atoms with Gasteiger partial charge in [0, 0.05) is 6.04 Å². The Morgan fingerprint density at radius 2 is 2.15 bits per heavy atom. The van der Waals surface area contributed by atoms with E-state index in [9.17, 15) is 9.59 Å². The first-order valence-electron chi connectivity index (χ1n) is 4.04. The van der Waals surface area contributed by atoms with Crippen LogP contribution in [-0.4, -0.2) is 36.2 Å². The van der Waals surface area contributed by atoms with E-state index in [4.69, 9.17) is 5.11 Å². The smallest absolute Gasteiger partial charge is 0.332 e. The van der Waals surface area contributed by atoms with Crippen LogP contribution in [0.25, 0.3) is 0 Å². The van der Waals surface area contributed by atoms with Gasteiger partial charge in [-0.05, 0) is 12.8 Å². The van der Waals surface area contributed by atoms with E-state index in [0.29, 0.717) is 6.04 Å². The molecule has 1 fully saturated rings. The van der Waals surface area contributed by atoms with Crippen LogP contribution in [0.1, 0.15) is 12.8 Å². The zero-order valence-electron chi connectivity index (χ0n) is 7.08. The van der Waals surface area contributed by atoms with E-state index in [1.54, 1.807) is 0 Å². The molecule has 3 N–H and O–H groups in total. The molecular formula is C7H12N2O4. The van der Waals surface area contributed by atoms with E-state index in [1.165, 1.54) is 0 Å². The van der Waals surface area contributed by atoms with Crippen molar-refractivity contribution in [2.75, 3.05) is 13.2 Å². The van der Waals surface area contributed by atoms with Gasteiger partial charge in [0.2, 0.25) is 0 Å². The van der Waals surface area contributed by atoms with E-state index >= 15 is 0 Å². The van der Waals surface area contributed by atoms with Crippen molar-refractivity contribution in [2.45, 2.75) is 18.9 Å². The summed E-state index contributed by atoms with van der Waals surface area (Å²) in [5.41, 5.74) is 2.01. The summed E-state index contributed by atoms with van der Waals surface area (Å²) in [6.45, 7) is -0.348. The Morgan fingerprint density at radius 3 is 2.69 bits per heavy atom. The number of carbonyl (C=O) groups excluding carboxylic acids is 1. The van der Waals surface area contributed by atoms with Crippen LogP contribution in [0.3, 0.4) is 0 Å². The number of hydrogen-bond donors (Lipinski definition) is 3. The van der Waals surface area contributed by atoms with Gasteiger partial charge in [-0.25, -0.2) is 10.3 Å². The van der Waals surface area contributed by atoms with Gasteiger partial charge in [0.1, 0.15) is 0 Å². The van der Waals surface area contributed by atoms with E-state index in [0.717, 1.165) is 12.8 Å². The monoisotopic (exact) mass is 188 g/mol. The maximum Gasteiger partial charge on any atom is 0.332 e. The van der Waals surface area contributed by atoms with Crippen molar-refractivity contribution in [1.29, 1.82) is 0 Å².